The fourth-order valence-electron chi connectivity index (χ4n) is 3.14. The van der Waals surface area contributed by atoms with Crippen LogP contribution in [0.2, 0.25) is 0 Å². The van der Waals surface area contributed by atoms with E-state index in [9.17, 15) is 9.59 Å². The summed E-state index contributed by atoms with van der Waals surface area (Å²) >= 11 is 0. The summed E-state index contributed by atoms with van der Waals surface area (Å²) in [6, 6.07) is 7.86. The Balaban J connectivity index is 1.48. The molecule has 2 N–H and O–H groups in total. The molecule has 128 valence electrons. The molecule has 24 heavy (non-hydrogen) atoms. The van der Waals surface area contributed by atoms with Crippen molar-refractivity contribution in [3.8, 4) is 0 Å². The van der Waals surface area contributed by atoms with E-state index in [1.807, 2.05) is 24.3 Å². The molecule has 0 bridgehead atoms. The highest BCUT2D eigenvalue weighted by Gasteiger charge is 2.34. The van der Waals surface area contributed by atoms with Gasteiger partial charge in [0.1, 0.15) is 5.82 Å². The van der Waals surface area contributed by atoms with Gasteiger partial charge < -0.3 is 15.2 Å². The van der Waals surface area contributed by atoms with Crippen LogP contribution < -0.4 is 5.32 Å². The second kappa shape index (κ2) is 7.03. The lowest BCUT2D eigenvalue weighted by atomic mass is 10.1. The van der Waals surface area contributed by atoms with Gasteiger partial charge in [-0.15, -0.1) is 0 Å². The molecule has 1 atom stereocenters. The monoisotopic (exact) mass is 328 g/mol. The van der Waals surface area contributed by atoms with Crippen molar-refractivity contribution in [2.24, 2.45) is 11.8 Å². The first-order valence-electron chi connectivity index (χ1n) is 8.52. The van der Waals surface area contributed by atoms with Crippen LogP contribution in [0.25, 0.3) is 11.0 Å². The third-order valence-corrected chi connectivity index (χ3v) is 4.27. The van der Waals surface area contributed by atoms with Crippen molar-refractivity contribution < 1.29 is 9.59 Å². The largest absolute Gasteiger partial charge is 0.355 e. The Morgan fingerprint density at radius 2 is 2.21 bits per heavy atom. The number of fused-ring (bicyclic) bond motifs is 1. The highest BCUT2D eigenvalue weighted by atomic mass is 16.2. The van der Waals surface area contributed by atoms with Gasteiger partial charge >= 0.3 is 0 Å². The number of aromatic amines is 1. The van der Waals surface area contributed by atoms with Crippen molar-refractivity contribution in [3.05, 3.63) is 30.1 Å². The van der Waals surface area contributed by atoms with Gasteiger partial charge in [-0.3, -0.25) is 9.59 Å². The fraction of sp³-hybridized carbons (Fsp3) is 0.500. The molecule has 2 aromatic rings. The van der Waals surface area contributed by atoms with Gasteiger partial charge in [0.25, 0.3) is 0 Å². The lowest BCUT2D eigenvalue weighted by Crippen LogP contribution is -2.35. The number of imidazole rings is 1. The molecule has 0 spiro atoms. The summed E-state index contributed by atoms with van der Waals surface area (Å²) < 4.78 is 0. The molecule has 0 saturated carbocycles. The van der Waals surface area contributed by atoms with Crippen LogP contribution in [-0.2, 0) is 16.0 Å². The summed E-state index contributed by atoms with van der Waals surface area (Å²) in [7, 11) is 0. The molecule has 1 aliphatic heterocycles. The van der Waals surface area contributed by atoms with E-state index in [2.05, 4.69) is 29.1 Å². The first-order chi connectivity index (χ1) is 11.5. The molecule has 1 aromatic heterocycles. The van der Waals surface area contributed by atoms with Crippen LogP contribution >= 0.6 is 0 Å². The molecular formula is C18H24N4O2. The maximum atomic E-state index is 12.3. The molecule has 1 aliphatic rings. The molecule has 2 heterocycles. The average molecular weight is 328 g/mol. The molecule has 6 nitrogen and oxygen atoms in total. The van der Waals surface area contributed by atoms with Gasteiger partial charge in [-0.1, -0.05) is 26.0 Å². The van der Waals surface area contributed by atoms with Crippen LogP contribution in [0.15, 0.2) is 24.3 Å². The minimum Gasteiger partial charge on any atom is -0.355 e. The Labute approximate surface area is 141 Å². The van der Waals surface area contributed by atoms with Crippen molar-refractivity contribution in [3.63, 3.8) is 0 Å². The quantitative estimate of drug-likeness (QED) is 0.847. The van der Waals surface area contributed by atoms with Crippen molar-refractivity contribution in [2.45, 2.75) is 26.7 Å². The van der Waals surface area contributed by atoms with Crippen molar-refractivity contribution in [2.75, 3.05) is 19.6 Å². The van der Waals surface area contributed by atoms with Gasteiger partial charge in [0, 0.05) is 32.5 Å². The predicted octanol–water partition coefficient (Wildman–Crippen LogP) is 1.73. The van der Waals surface area contributed by atoms with E-state index >= 15 is 0 Å². The summed E-state index contributed by atoms with van der Waals surface area (Å²) in [5, 5.41) is 2.93. The zero-order valence-electron chi connectivity index (χ0n) is 14.2. The van der Waals surface area contributed by atoms with E-state index in [4.69, 9.17) is 0 Å². The number of amides is 2. The smallest absolute Gasteiger partial charge is 0.225 e. The standard InChI is InChI=1S/C18H24N4O2/c1-12(2)10-22-11-13(9-17(22)23)18(24)19-8-7-16-20-14-5-3-4-6-15(14)21-16/h3-6,12-13H,7-11H2,1-2H3,(H,19,24)(H,20,21)/t13-/m0/s1. The maximum absolute atomic E-state index is 12.3. The molecule has 6 heteroatoms. The molecule has 2 amide bonds. The molecule has 0 unspecified atom stereocenters. The Hall–Kier alpha value is -2.37. The zero-order chi connectivity index (χ0) is 17.1. The second-order valence-electron chi connectivity index (χ2n) is 6.84. The highest BCUT2D eigenvalue weighted by Crippen LogP contribution is 2.19. The van der Waals surface area contributed by atoms with E-state index in [1.165, 1.54) is 0 Å². The molecule has 0 radical (unpaired) electrons. The van der Waals surface area contributed by atoms with Crippen molar-refractivity contribution in [1.82, 2.24) is 20.2 Å². The van der Waals surface area contributed by atoms with Gasteiger partial charge in [-0.05, 0) is 18.1 Å². The number of H-pyrrole nitrogens is 1. The molecule has 1 saturated heterocycles. The number of hydrogen-bond donors (Lipinski definition) is 2. The second-order valence-corrected chi connectivity index (χ2v) is 6.84. The predicted molar refractivity (Wildman–Crippen MR) is 92.3 cm³/mol. The lowest BCUT2D eigenvalue weighted by molar-refractivity contribution is -0.129. The Bertz CT molecular complexity index is 704. The Kier molecular flexibility index (Phi) is 4.83. The van der Waals surface area contributed by atoms with Crippen molar-refractivity contribution in [1.29, 1.82) is 0 Å². The topological polar surface area (TPSA) is 78.1 Å². The SMILES string of the molecule is CC(C)CN1C[C@@H](C(=O)NCCc2nc3ccccc3[nH]2)CC1=O. The fourth-order valence-corrected chi connectivity index (χ4v) is 3.14. The molecule has 0 aliphatic carbocycles. The number of carbonyl (C=O) groups excluding carboxylic acids is 2. The molecule has 1 aromatic carbocycles. The van der Waals surface area contributed by atoms with E-state index in [0.29, 0.717) is 31.8 Å². The van der Waals surface area contributed by atoms with Gasteiger partial charge in [-0.25, -0.2) is 4.98 Å². The van der Waals surface area contributed by atoms with Gasteiger partial charge in [0.2, 0.25) is 11.8 Å². The highest BCUT2D eigenvalue weighted by molar-refractivity contribution is 5.89. The number of nitrogens with one attached hydrogen (secondary N) is 2. The number of hydrogen-bond acceptors (Lipinski definition) is 3. The minimum atomic E-state index is -0.230. The van der Waals surface area contributed by atoms with E-state index in [0.717, 1.165) is 23.4 Å². The number of aromatic nitrogens is 2. The number of likely N-dealkylation sites (tertiary alicyclic amines) is 1. The zero-order valence-corrected chi connectivity index (χ0v) is 14.2. The van der Waals surface area contributed by atoms with Gasteiger partial charge in [0.05, 0.1) is 17.0 Å². The Morgan fingerprint density at radius 1 is 1.42 bits per heavy atom. The van der Waals surface area contributed by atoms with Crippen LogP contribution in [0.5, 0.6) is 0 Å². The number of para-hydroxylation sites is 2. The Morgan fingerprint density at radius 3 is 2.96 bits per heavy atom. The lowest BCUT2D eigenvalue weighted by Gasteiger charge is -2.18. The summed E-state index contributed by atoms with van der Waals surface area (Å²) in [6.07, 6.45) is 0.972. The summed E-state index contributed by atoms with van der Waals surface area (Å²) in [5.41, 5.74) is 1.94. The van der Waals surface area contributed by atoms with Gasteiger partial charge in [-0.2, -0.15) is 0 Å². The van der Waals surface area contributed by atoms with E-state index in [1.54, 1.807) is 4.90 Å². The van der Waals surface area contributed by atoms with E-state index in [-0.39, 0.29) is 17.7 Å². The van der Waals surface area contributed by atoms with Gasteiger partial charge in [0.15, 0.2) is 0 Å². The summed E-state index contributed by atoms with van der Waals surface area (Å²) in [5.74, 6) is 1.10. The normalized spacial score (nSPS) is 17.9. The minimum absolute atomic E-state index is 0.0364. The van der Waals surface area contributed by atoms with Crippen LogP contribution in [0.3, 0.4) is 0 Å². The molecular weight excluding hydrogens is 304 g/mol. The van der Waals surface area contributed by atoms with Crippen LogP contribution in [-0.4, -0.2) is 46.3 Å². The molecule has 1 fully saturated rings. The van der Waals surface area contributed by atoms with Crippen molar-refractivity contribution >= 4 is 22.8 Å². The summed E-state index contributed by atoms with van der Waals surface area (Å²) in [6.45, 7) is 5.94. The number of rotatable bonds is 6. The van der Waals surface area contributed by atoms with Crippen LogP contribution in [0.1, 0.15) is 26.1 Å². The third kappa shape index (κ3) is 3.75. The first-order valence-corrected chi connectivity index (χ1v) is 8.52. The molecule has 3 rings (SSSR count). The maximum Gasteiger partial charge on any atom is 0.225 e. The first kappa shape index (κ1) is 16.5. The third-order valence-electron chi connectivity index (χ3n) is 4.27. The van der Waals surface area contributed by atoms with E-state index < -0.39 is 0 Å². The average Bonchev–Trinajstić information content (AvgIpc) is 3.10. The summed E-state index contributed by atoms with van der Waals surface area (Å²) in [4.78, 5) is 33.8. The number of carbonyl (C=O) groups is 2. The number of nitrogens with zero attached hydrogens (tertiary/aromatic N) is 2. The number of benzene rings is 1. The van der Waals surface area contributed by atoms with Crippen LogP contribution in [0, 0.1) is 11.8 Å². The van der Waals surface area contributed by atoms with Crippen LogP contribution in [0.4, 0.5) is 0 Å².